The predicted octanol–water partition coefficient (Wildman–Crippen LogP) is 4.81. The first kappa shape index (κ1) is 35.1. The van der Waals surface area contributed by atoms with E-state index < -0.39 is 11.2 Å². The number of carbonyl (C=O) groups excluding carboxylic acids is 3. The number of amides is 3. The molecule has 12 heteroatoms. The van der Waals surface area contributed by atoms with Crippen LogP contribution < -0.4 is 21.9 Å². The summed E-state index contributed by atoms with van der Waals surface area (Å²) in [5, 5.41) is 13.3. The summed E-state index contributed by atoms with van der Waals surface area (Å²) in [5.41, 5.74) is 1.28. The molecule has 3 amide bonds. The Bertz CT molecular complexity index is 880. The third kappa shape index (κ3) is 14.0. The number of nitrogens with zero attached hydrogens (tertiary/aromatic N) is 2. The normalized spacial score (nSPS) is 22.9. The smallest absolute Gasteiger partial charge is 0.407 e. The molecular formula is C28H52N6O6. The van der Waals surface area contributed by atoms with Crippen LogP contribution in [0.25, 0.3) is 0 Å². The number of aromatic nitrogens is 2. The molecule has 2 fully saturated rings. The molecule has 2 aliphatic rings. The number of hydrogen-bond acceptors (Lipinski definition) is 9. The van der Waals surface area contributed by atoms with Crippen molar-refractivity contribution in [3.63, 3.8) is 0 Å². The molecule has 0 radical (unpaired) electrons. The van der Waals surface area contributed by atoms with Gasteiger partial charge in [0, 0.05) is 24.9 Å². The fourth-order valence-corrected chi connectivity index (χ4v) is 4.80. The second-order valence-electron chi connectivity index (χ2n) is 12.5. The monoisotopic (exact) mass is 568 g/mol. The summed E-state index contributed by atoms with van der Waals surface area (Å²) in [5.74, 6) is 7.08. The largest absolute Gasteiger partial charge is 0.444 e. The lowest BCUT2D eigenvalue weighted by Gasteiger charge is -2.28. The minimum absolute atomic E-state index is 0. The van der Waals surface area contributed by atoms with Crippen LogP contribution in [0.15, 0.2) is 10.8 Å². The average molecular weight is 569 g/mol. The Labute approximate surface area is 239 Å². The molecule has 3 rings (SSSR count). The highest BCUT2D eigenvalue weighted by Crippen LogP contribution is 2.34. The van der Waals surface area contributed by atoms with Crippen LogP contribution in [0.1, 0.15) is 112 Å². The van der Waals surface area contributed by atoms with E-state index in [0.717, 1.165) is 57.3 Å². The van der Waals surface area contributed by atoms with Crippen LogP contribution in [-0.2, 0) is 14.3 Å². The third-order valence-electron chi connectivity index (χ3n) is 6.80. The van der Waals surface area contributed by atoms with Crippen molar-refractivity contribution >= 4 is 18.1 Å². The number of ether oxygens (including phenoxy) is 2. The quantitative estimate of drug-likeness (QED) is 0.213. The third-order valence-corrected chi connectivity index (χ3v) is 6.80. The molecule has 0 saturated heterocycles. The molecule has 12 nitrogen and oxygen atoms in total. The summed E-state index contributed by atoms with van der Waals surface area (Å²) in [6, 6.07) is 0. The molecule has 1 aromatic rings. The molecule has 0 unspecified atom stereocenters. The molecule has 40 heavy (non-hydrogen) atoms. The lowest BCUT2D eigenvalue weighted by molar-refractivity contribution is -0.126. The zero-order chi connectivity index (χ0) is 29.1. The van der Waals surface area contributed by atoms with Gasteiger partial charge in [0.05, 0.1) is 0 Å². The minimum atomic E-state index is -0.471. The molecule has 2 saturated carbocycles. The average Bonchev–Trinajstić information content (AvgIpc) is 3.40. The standard InChI is InChI=1S/C14H23N3O3.C13H25N3O3.CH4/c1-14(2,3)20-13(18)15-8-10-4-6-11(7-5-10)12-17-16-9-19-12;1-13(2,3)19-12(18)15-8-9-4-6-10(7-5-9)11(17)16-14;/h9-11H,4-8H2,1-3H3,(H,15,18);9-10H,4-8,14H2,1-3H3,(H,15,18)(H,16,17);1H4. The summed E-state index contributed by atoms with van der Waals surface area (Å²) in [6.07, 6.45) is 8.34. The Morgan fingerprint density at radius 3 is 1.68 bits per heavy atom. The van der Waals surface area contributed by atoms with E-state index in [1.165, 1.54) is 6.39 Å². The number of nitrogens with one attached hydrogen (secondary N) is 3. The number of carbonyl (C=O) groups is 3. The molecule has 230 valence electrons. The molecule has 0 spiro atoms. The van der Waals surface area contributed by atoms with E-state index in [0.29, 0.717) is 30.8 Å². The van der Waals surface area contributed by atoms with Gasteiger partial charge in [-0.25, -0.2) is 15.4 Å². The van der Waals surface area contributed by atoms with Crippen molar-refractivity contribution in [3.05, 3.63) is 12.3 Å². The van der Waals surface area contributed by atoms with Gasteiger partial charge in [0.1, 0.15) is 11.2 Å². The number of hydrazine groups is 1. The van der Waals surface area contributed by atoms with Gasteiger partial charge in [0.15, 0.2) is 0 Å². The number of nitrogens with two attached hydrogens (primary N) is 1. The van der Waals surface area contributed by atoms with Crippen LogP contribution in [0.2, 0.25) is 0 Å². The molecule has 0 bridgehead atoms. The molecular weight excluding hydrogens is 516 g/mol. The second kappa shape index (κ2) is 16.4. The topological polar surface area (TPSA) is 171 Å². The van der Waals surface area contributed by atoms with Crippen molar-refractivity contribution in [3.8, 4) is 0 Å². The molecule has 1 heterocycles. The van der Waals surface area contributed by atoms with Gasteiger partial charge in [-0.15, -0.1) is 10.2 Å². The van der Waals surface area contributed by atoms with Crippen LogP contribution in [0.5, 0.6) is 0 Å². The van der Waals surface area contributed by atoms with Crippen LogP contribution in [-0.4, -0.2) is 52.6 Å². The van der Waals surface area contributed by atoms with Gasteiger partial charge in [0.2, 0.25) is 18.2 Å². The van der Waals surface area contributed by atoms with Crippen LogP contribution in [0.4, 0.5) is 9.59 Å². The Kier molecular flexibility index (Phi) is 14.4. The molecule has 0 atom stereocenters. The maximum Gasteiger partial charge on any atom is 0.407 e. The Morgan fingerprint density at radius 2 is 1.30 bits per heavy atom. The molecule has 5 N–H and O–H groups in total. The van der Waals surface area contributed by atoms with E-state index >= 15 is 0 Å². The minimum Gasteiger partial charge on any atom is -0.444 e. The van der Waals surface area contributed by atoms with Gasteiger partial charge in [-0.3, -0.25) is 10.2 Å². The predicted molar refractivity (Wildman–Crippen MR) is 152 cm³/mol. The zero-order valence-corrected chi connectivity index (χ0v) is 24.4. The zero-order valence-electron chi connectivity index (χ0n) is 24.4. The van der Waals surface area contributed by atoms with Crippen LogP contribution in [0.3, 0.4) is 0 Å². The fraction of sp³-hybridized carbons (Fsp3) is 0.821. The highest BCUT2D eigenvalue weighted by molar-refractivity contribution is 5.78. The van der Waals surface area contributed by atoms with E-state index in [1.54, 1.807) is 0 Å². The van der Waals surface area contributed by atoms with Gasteiger partial charge >= 0.3 is 12.2 Å². The SMILES string of the molecule is C.CC(C)(C)OC(=O)NCC1CCC(C(=O)NN)CC1.CC(C)(C)OC(=O)NCC1CCC(c2nnco2)CC1. The summed E-state index contributed by atoms with van der Waals surface area (Å²) < 4.78 is 15.6. The lowest BCUT2D eigenvalue weighted by atomic mass is 9.81. The first-order valence-electron chi connectivity index (χ1n) is 14.0. The second-order valence-corrected chi connectivity index (χ2v) is 12.5. The molecule has 1 aromatic heterocycles. The highest BCUT2D eigenvalue weighted by atomic mass is 16.6. The van der Waals surface area contributed by atoms with Crippen LogP contribution >= 0.6 is 0 Å². The van der Waals surface area contributed by atoms with E-state index in [1.807, 2.05) is 41.5 Å². The van der Waals surface area contributed by atoms with E-state index in [2.05, 4.69) is 26.3 Å². The molecule has 0 aromatic carbocycles. The number of alkyl carbamates (subject to hydrolysis) is 2. The summed E-state index contributed by atoms with van der Waals surface area (Å²) in [6.45, 7) is 12.4. The van der Waals surface area contributed by atoms with Crippen LogP contribution in [0, 0.1) is 17.8 Å². The maximum atomic E-state index is 11.6. The summed E-state index contributed by atoms with van der Waals surface area (Å²) in [7, 11) is 0. The van der Waals surface area contributed by atoms with Gasteiger partial charge in [-0.05, 0) is 105 Å². The van der Waals surface area contributed by atoms with Gasteiger partial charge in [-0.1, -0.05) is 7.43 Å². The number of hydrogen-bond donors (Lipinski definition) is 4. The van der Waals surface area contributed by atoms with Crippen molar-refractivity contribution in [2.75, 3.05) is 13.1 Å². The molecule has 2 aliphatic carbocycles. The Hall–Kier alpha value is -2.89. The van der Waals surface area contributed by atoms with Crippen molar-refractivity contribution in [1.29, 1.82) is 0 Å². The van der Waals surface area contributed by atoms with Gasteiger partial charge in [-0.2, -0.15) is 0 Å². The van der Waals surface area contributed by atoms with E-state index in [9.17, 15) is 14.4 Å². The Morgan fingerprint density at radius 1 is 0.850 bits per heavy atom. The molecule has 0 aliphatic heterocycles. The first-order chi connectivity index (χ1) is 18.3. The number of rotatable bonds is 6. The van der Waals surface area contributed by atoms with Gasteiger partial charge < -0.3 is 24.5 Å². The maximum absolute atomic E-state index is 11.6. The van der Waals surface area contributed by atoms with Crippen molar-refractivity contribution in [2.24, 2.45) is 23.6 Å². The highest BCUT2D eigenvalue weighted by Gasteiger charge is 2.27. The summed E-state index contributed by atoms with van der Waals surface area (Å²) >= 11 is 0. The van der Waals surface area contributed by atoms with Gasteiger partial charge in [0.25, 0.3) is 0 Å². The lowest BCUT2D eigenvalue weighted by Crippen LogP contribution is -2.39. The van der Waals surface area contributed by atoms with Crippen molar-refractivity contribution in [1.82, 2.24) is 26.3 Å². The Balaban J connectivity index is 0.000000391. The fourth-order valence-electron chi connectivity index (χ4n) is 4.80. The van der Waals surface area contributed by atoms with E-state index in [4.69, 9.17) is 19.7 Å². The van der Waals surface area contributed by atoms with Crippen molar-refractivity contribution in [2.45, 2.75) is 117 Å². The first-order valence-corrected chi connectivity index (χ1v) is 14.0. The van der Waals surface area contributed by atoms with E-state index in [-0.39, 0.29) is 31.4 Å². The summed E-state index contributed by atoms with van der Waals surface area (Å²) in [4.78, 5) is 34.5. The van der Waals surface area contributed by atoms with Crippen molar-refractivity contribution < 1.29 is 28.3 Å².